The molecule has 1 fully saturated rings. The van der Waals surface area contributed by atoms with Crippen LogP contribution in [0.25, 0.3) is 0 Å². The second-order valence-electron chi connectivity index (χ2n) is 5.74. The van der Waals surface area contributed by atoms with Crippen molar-refractivity contribution in [3.63, 3.8) is 0 Å². The summed E-state index contributed by atoms with van der Waals surface area (Å²) in [6, 6.07) is 1.05. The van der Waals surface area contributed by atoms with Gasteiger partial charge in [-0.1, -0.05) is 27.2 Å². The van der Waals surface area contributed by atoms with Crippen LogP contribution in [0.1, 0.15) is 59.8 Å². The van der Waals surface area contributed by atoms with E-state index in [-0.39, 0.29) is 11.9 Å². The van der Waals surface area contributed by atoms with Crippen molar-refractivity contribution in [1.29, 1.82) is 0 Å². The number of nitrogens with one attached hydrogen (secondary N) is 1. The Morgan fingerprint density at radius 1 is 1.33 bits per heavy atom. The van der Waals surface area contributed by atoms with Crippen LogP contribution in [0.5, 0.6) is 0 Å². The van der Waals surface area contributed by atoms with E-state index in [0.29, 0.717) is 24.6 Å². The highest BCUT2D eigenvalue weighted by Crippen LogP contribution is 2.26. The van der Waals surface area contributed by atoms with Crippen LogP contribution >= 0.6 is 0 Å². The molecule has 18 heavy (non-hydrogen) atoms. The molecule has 0 aromatic heterocycles. The fourth-order valence-corrected chi connectivity index (χ4v) is 2.90. The summed E-state index contributed by atoms with van der Waals surface area (Å²) < 4.78 is 5.14. The third-order valence-corrected chi connectivity index (χ3v) is 3.99. The normalized spacial score (nSPS) is 26.1. The average Bonchev–Trinajstić information content (AvgIpc) is 2.36. The summed E-state index contributed by atoms with van der Waals surface area (Å²) in [5, 5.41) is 3.72. The van der Waals surface area contributed by atoms with Crippen LogP contribution in [0, 0.1) is 11.8 Å². The molecular weight excluding hydrogens is 226 g/mol. The summed E-state index contributed by atoms with van der Waals surface area (Å²) in [5.41, 5.74) is 0. The Morgan fingerprint density at radius 2 is 2.06 bits per heavy atom. The van der Waals surface area contributed by atoms with Crippen LogP contribution in [-0.2, 0) is 9.53 Å². The van der Waals surface area contributed by atoms with Crippen molar-refractivity contribution < 1.29 is 9.53 Å². The number of hydrogen-bond donors (Lipinski definition) is 1. The highest BCUT2D eigenvalue weighted by molar-refractivity contribution is 5.72. The number of carbonyl (C=O) groups is 1. The van der Waals surface area contributed by atoms with E-state index in [1.54, 1.807) is 0 Å². The van der Waals surface area contributed by atoms with E-state index in [9.17, 15) is 4.79 Å². The molecule has 0 amide bonds. The minimum Gasteiger partial charge on any atom is -0.466 e. The zero-order valence-electron chi connectivity index (χ0n) is 12.4. The van der Waals surface area contributed by atoms with Crippen molar-refractivity contribution in [2.75, 3.05) is 6.61 Å². The Morgan fingerprint density at radius 3 is 2.61 bits per heavy atom. The molecule has 3 atom stereocenters. The van der Waals surface area contributed by atoms with Crippen molar-refractivity contribution >= 4 is 5.97 Å². The van der Waals surface area contributed by atoms with Gasteiger partial charge in [0.1, 0.15) is 0 Å². The smallest absolute Gasteiger partial charge is 0.308 e. The SMILES string of the molecule is CCOC(=O)C1CCCC(NC(CC)C(C)C)C1. The van der Waals surface area contributed by atoms with Crippen molar-refractivity contribution in [3.8, 4) is 0 Å². The molecule has 3 nitrogen and oxygen atoms in total. The predicted octanol–water partition coefficient (Wildman–Crippen LogP) is 3.13. The van der Waals surface area contributed by atoms with Crippen LogP contribution in [0.3, 0.4) is 0 Å². The lowest BCUT2D eigenvalue weighted by Crippen LogP contribution is -2.44. The van der Waals surface area contributed by atoms with Gasteiger partial charge in [-0.2, -0.15) is 0 Å². The first-order chi connectivity index (χ1) is 8.58. The van der Waals surface area contributed by atoms with E-state index in [0.717, 1.165) is 25.7 Å². The van der Waals surface area contributed by atoms with Gasteiger partial charge in [0.25, 0.3) is 0 Å². The highest BCUT2D eigenvalue weighted by atomic mass is 16.5. The number of hydrogen-bond acceptors (Lipinski definition) is 3. The quantitative estimate of drug-likeness (QED) is 0.741. The van der Waals surface area contributed by atoms with E-state index in [4.69, 9.17) is 4.74 Å². The molecule has 0 aromatic rings. The molecule has 1 rings (SSSR count). The van der Waals surface area contributed by atoms with Gasteiger partial charge in [-0.15, -0.1) is 0 Å². The van der Waals surface area contributed by atoms with Gasteiger partial charge in [-0.05, 0) is 38.5 Å². The Hall–Kier alpha value is -0.570. The minimum atomic E-state index is 0.00148. The van der Waals surface area contributed by atoms with E-state index in [2.05, 4.69) is 26.1 Å². The molecule has 0 heterocycles. The summed E-state index contributed by atoms with van der Waals surface area (Å²) in [6.07, 6.45) is 5.42. The molecule has 1 aliphatic carbocycles. The van der Waals surface area contributed by atoms with E-state index in [1.165, 1.54) is 6.42 Å². The van der Waals surface area contributed by atoms with Gasteiger partial charge in [-0.25, -0.2) is 0 Å². The topological polar surface area (TPSA) is 38.3 Å². The fraction of sp³-hybridized carbons (Fsp3) is 0.933. The molecule has 0 radical (unpaired) electrons. The summed E-state index contributed by atoms with van der Waals surface area (Å²) in [5.74, 6) is 0.764. The van der Waals surface area contributed by atoms with Gasteiger partial charge in [-0.3, -0.25) is 4.79 Å². The van der Waals surface area contributed by atoms with E-state index >= 15 is 0 Å². The summed E-state index contributed by atoms with van der Waals surface area (Å²) >= 11 is 0. The van der Waals surface area contributed by atoms with Crippen LogP contribution in [0.15, 0.2) is 0 Å². The second-order valence-corrected chi connectivity index (χ2v) is 5.74. The van der Waals surface area contributed by atoms with Gasteiger partial charge in [0.15, 0.2) is 0 Å². The number of esters is 1. The van der Waals surface area contributed by atoms with Gasteiger partial charge in [0.2, 0.25) is 0 Å². The lowest BCUT2D eigenvalue weighted by molar-refractivity contribution is -0.149. The molecule has 0 bridgehead atoms. The molecule has 1 N–H and O–H groups in total. The van der Waals surface area contributed by atoms with Crippen LogP contribution in [-0.4, -0.2) is 24.7 Å². The monoisotopic (exact) mass is 255 g/mol. The standard InChI is InChI=1S/C15H29NO2/c1-5-14(11(3)4)16-13-9-7-8-12(10-13)15(17)18-6-2/h11-14,16H,5-10H2,1-4H3. The lowest BCUT2D eigenvalue weighted by atomic mass is 9.84. The molecule has 0 spiro atoms. The van der Waals surface area contributed by atoms with Gasteiger partial charge in [0.05, 0.1) is 12.5 Å². The maximum atomic E-state index is 11.8. The first-order valence-corrected chi connectivity index (χ1v) is 7.51. The molecule has 0 aliphatic heterocycles. The molecule has 1 saturated carbocycles. The molecule has 1 aliphatic rings. The third-order valence-electron chi connectivity index (χ3n) is 3.99. The maximum absolute atomic E-state index is 11.8. The second kappa shape index (κ2) is 7.78. The van der Waals surface area contributed by atoms with Crippen molar-refractivity contribution in [3.05, 3.63) is 0 Å². The molecule has 0 saturated heterocycles. The number of rotatable bonds is 6. The molecular formula is C15H29NO2. The van der Waals surface area contributed by atoms with Crippen LogP contribution < -0.4 is 5.32 Å². The molecule has 3 unspecified atom stereocenters. The largest absolute Gasteiger partial charge is 0.466 e. The maximum Gasteiger partial charge on any atom is 0.308 e. The fourth-order valence-electron chi connectivity index (χ4n) is 2.90. The van der Waals surface area contributed by atoms with Crippen molar-refractivity contribution in [2.24, 2.45) is 11.8 Å². The Labute approximate surface area is 112 Å². The van der Waals surface area contributed by atoms with E-state index < -0.39 is 0 Å². The number of carbonyl (C=O) groups excluding carboxylic acids is 1. The predicted molar refractivity (Wildman–Crippen MR) is 74.4 cm³/mol. The zero-order chi connectivity index (χ0) is 13.5. The van der Waals surface area contributed by atoms with Gasteiger partial charge in [0, 0.05) is 12.1 Å². The average molecular weight is 255 g/mol. The summed E-state index contributed by atoms with van der Waals surface area (Å²) in [6.45, 7) is 9.11. The molecule has 106 valence electrons. The highest BCUT2D eigenvalue weighted by Gasteiger charge is 2.29. The third kappa shape index (κ3) is 4.60. The van der Waals surface area contributed by atoms with Crippen LogP contribution in [0.4, 0.5) is 0 Å². The van der Waals surface area contributed by atoms with E-state index in [1.807, 2.05) is 6.92 Å². The van der Waals surface area contributed by atoms with Gasteiger partial charge < -0.3 is 10.1 Å². The Balaban J connectivity index is 2.45. The van der Waals surface area contributed by atoms with Gasteiger partial charge >= 0.3 is 5.97 Å². The Bertz CT molecular complexity index is 253. The lowest BCUT2D eigenvalue weighted by Gasteiger charge is -2.33. The first-order valence-electron chi connectivity index (χ1n) is 7.51. The van der Waals surface area contributed by atoms with Crippen molar-refractivity contribution in [1.82, 2.24) is 5.32 Å². The molecule has 3 heteroatoms. The van der Waals surface area contributed by atoms with Crippen molar-refractivity contribution in [2.45, 2.75) is 71.9 Å². The number of ether oxygens (including phenoxy) is 1. The molecule has 0 aromatic carbocycles. The Kier molecular flexibility index (Phi) is 6.69. The minimum absolute atomic E-state index is 0.00148. The summed E-state index contributed by atoms with van der Waals surface area (Å²) in [7, 11) is 0. The first kappa shape index (κ1) is 15.5. The summed E-state index contributed by atoms with van der Waals surface area (Å²) in [4.78, 5) is 11.8. The van der Waals surface area contributed by atoms with Crippen LogP contribution in [0.2, 0.25) is 0 Å². The zero-order valence-corrected chi connectivity index (χ0v) is 12.4.